The van der Waals surface area contributed by atoms with Crippen molar-refractivity contribution in [1.82, 2.24) is 5.32 Å². The molecule has 136 valence electrons. The fourth-order valence-electron chi connectivity index (χ4n) is 2.83. The third-order valence-corrected chi connectivity index (χ3v) is 4.64. The molecule has 25 heavy (non-hydrogen) atoms. The molecule has 6 nitrogen and oxygen atoms in total. The second kappa shape index (κ2) is 8.14. The average molecular weight is 346 g/mol. The van der Waals surface area contributed by atoms with Crippen molar-refractivity contribution < 1.29 is 19.5 Å². The van der Waals surface area contributed by atoms with Crippen LogP contribution in [0, 0.1) is 11.3 Å². The zero-order chi connectivity index (χ0) is 18.4. The number of benzene rings is 1. The van der Waals surface area contributed by atoms with E-state index in [1.165, 1.54) is 6.42 Å². The van der Waals surface area contributed by atoms with Crippen LogP contribution < -0.4 is 10.6 Å². The summed E-state index contributed by atoms with van der Waals surface area (Å²) in [5.74, 6) is -1.28. The van der Waals surface area contributed by atoms with Crippen molar-refractivity contribution in [2.45, 2.75) is 46.0 Å². The van der Waals surface area contributed by atoms with E-state index in [0.29, 0.717) is 11.3 Å². The first-order valence-corrected chi connectivity index (χ1v) is 8.72. The van der Waals surface area contributed by atoms with Crippen LogP contribution in [0.1, 0.15) is 56.3 Å². The largest absolute Gasteiger partial charge is 0.481 e. The number of carbonyl (C=O) groups is 3. The number of nitrogens with one attached hydrogen (secondary N) is 2. The zero-order valence-electron chi connectivity index (χ0n) is 14.8. The van der Waals surface area contributed by atoms with Gasteiger partial charge in [0.2, 0.25) is 5.91 Å². The molecule has 0 spiro atoms. The van der Waals surface area contributed by atoms with E-state index in [1.54, 1.807) is 38.1 Å². The van der Waals surface area contributed by atoms with Gasteiger partial charge in [-0.1, -0.05) is 25.3 Å². The van der Waals surface area contributed by atoms with Gasteiger partial charge in [0.1, 0.15) is 0 Å². The van der Waals surface area contributed by atoms with E-state index < -0.39 is 11.4 Å². The van der Waals surface area contributed by atoms with E-state index in [9.17, 15) is 14.4 Å². The molecule has 1 aromatic rings. The van der Waals surface area contributed by atoms with E-state index in [2.05, 4.69) is 10.6 Å². The molecule has 1 saturated carbocycles. The van der Waals surface area contributed by atoms with Crippen molar-refractivity contribution in [3.8, 4) is 0 Å². The average Bonchev–Trinajstić information content (AvgIpc) is 2.60. The van der Waals surface area contributed by atoms with Gasteiger partial charge in [0.15, 0.2) is 0 Å². The van der Waals surface area contributed by atoms with Gasteiger partial charge in [0.25, 0.3) is 5.91 Å². The second-order valence-electron chi connectivity index (χ2n) is 7.28. The molecule has 1 aromatic carbocycles. The van der Waals surface area contributed by atoms with Crippen molar-refractivity contribution in [3.05, 3.63) is 29.8 Å². The number of amides is 2. The number of carboxylic acids is 1. The minimum Gasteiger partial charge on any atom is -0.481 e. The Hall–Kier alpha value is -2.37. The molecule has 1 fully saturated rings. The van der Waals surface area contributed by atoms with Crippen molar-refractivity contribution in [3.63, 3.8) is 0 Å². The third kappa shape index (κ3) is 5.31. The number of carboxylic acid groups (broad SMARTS) is 1. The maximum Gasteiger partial charge on any atom is 0.310 e. The molecule has 0 heterocycles. The molecule has 0 aromatic heterocycles. The van der Waals surface area contributed by atoms with Crippen molar-refractivity contribution >= 4 is 23.5 Å². The molecule has 0 bridgehead atoms. The van der Waals surface area contributed by atoms with Gasteiger partial charge in [-0.05, 0) is 44.9 Å². The Kier molecular flexibility index (Phi) is 6.17. The minimum atomic E-state index is -1.04. The van der Waals surface area contributed by atoms with Gasteiger partial charge in [-0.3, -0.25) is 14.4 Å². The summed E-state index contributed by atoms with van der Waals surface area (Å²) in [6.07, 6.45) is 5.18. The van der Waals surface area contributed by atoms with E-state index in [-0.39, 0.29) is 24.3 Å². The number of rotatable bonds is 6. The Morgan fingerprint density at radius 1 is 1.16 bits per heavy atom. The first kappa shape index (κ1) is 19.0. The van der Waals surface area contributed by atoms with Gasteiger partial charge in [-0.25, -0.2) is 0 Å². The summed E-state index contributed by atoms with van der Waals surface area (Å²) < 4.78 is 0. The number of anilines is 1. The zero-order valence-corrected chi connectivity index (χ0v) is 14.8. The monoisotopic (exact) mass is 346 g/mol. The van der Waals surface area contributed by atoms with E-state index in [1.807, 2.05) is 0 Å². The smallest absolute Gasteiger partial charge is 0.310 e. The van der Waals surface area contributed by atoms with E-state index in [4.69, 9.17) is 5.11 Å². The minimum absolute atomic E-state index is 0.00395. The van der Waals surface area contributed by atoms with Crippen LogP contribution in [0.3, 0.4) is 0 Å². The number of aliphatic carboxylic acids is 1. The maximum atomic E-state index is 12.3. The summed E-state index contributed by atoms with van der Waals surface area (Å²) >= 11 is 0. The van der Waals surface area contributed by atoms with Gasteiger partial charge in [0.05, 0.1) is 5.41 Å². The molecular formula is C19H26N2O4. The lowest BCUT2D eigenvalue weighted by Gasteiger charge is -2.21. The summed E-state index contributed by atoms with van der Waals surface area (Å²) in [6.45, 7) is 3.13. The molecule has 2 amide bonds. The van der Waals surface area contributed by atoms with Crippen molar-refractivity contribution in [2.75, 3.05) is 11.9 Å². The van der Waals surface area contributed by atoms with Gasteiger partial charge in [-0.2, -0.15) is 0 Å². The predicted molar refractivity (Wildman–Crippen MR) is 95.4 cm³/mol. The lowest BCUT2D eigenvalue weighted by atomic mass is 9.88. The van der Waals surface area contributed by atoms with Gasteiger partial charge >= 0.3 is 5.97 Å². The lowest BCUT2D eigenvalue weighted by molar-refractivity contribution is -0.146. The van der Waals surface area contributed by atoms with Gasteiger partial charge < -0.3 is 15.7 Å². The molecule has 0 saturated heterocycles. The fraction of sp³-hybridized carbons (Fsp3) is 0.526. The normalized spacial score (nSPS) is 15.4. The Balaban J connectivity index is 1.96. The Morgan fingerprint density at radius 2 is 1.84 bits per heavy atom. The summed E-state index contributed by atoms with van der Waals surface area (Å²) in [6, 6.07) is 6.70. The standard InChI is InChI=1S/C19H26N2O4/c1-19(2,18(24)25)12-20-16(22)14-9-6-10-15(11-14)21-17(23)13-7-4-3-5-8-13/h6,9-11,13H,3-5,7-8,12H2,1-2H3,(H,20,22)(H,21,23)(H,24,25). The van der Waals surface area contributed by atoms with E-state index in [0.717, 1.165) is 25.7 Å². The van der Waals surface area contributed by atoms with Crippen LogP contribution in [0.5, 0.6) is 0 Å². The number of carbonyl (C=O) groups excluding carboxylic acids is 2. The first-order valence-electron chi connectivity index (χ1n) is 8.72. The van der Waals surface area contributed by atoms with Gasteiger partial charge in [-0.15, -0.1) is 0 Å². The summed E-state index contributed by atoms with van der Waals surface area (Å²) in [7, 11) is 0. The molecule has 2 rings (SSSR count). The summed E-state index contributed by atoms with van der Waals surface area (Å²) in [4.78, 5) is 35.6. The van der Waals surface area contributed by atoms with Crippen LogP contribution in [0.15, 0.2) is 24.3 Å². The summed E-state index contributed by atoms with van der Waals surface area (Å²) in [5, 5.41) is 14.6. The third-order valence-electron chi connectivity index (χ3n) is 4.64. The molecule has 1 aliphatic rings. The number of hydrogen-bond acceptors (Lipinski definition) is 3. The van der Waals surface area contributed by atoms with Crippen LogP contribution in [0.25, 0.3) is 0 Å². The molecule has 0 aliphatic heterocycles. The van der Waals surface area contributed by atoms with Crippen LogP contribution in [-0.2, 0) is 9.59 Å². The molecule has 0 atom stereocenters. The summed E-state index contributed by atoms with van der Waals surface area (Å²) in [5.41, 5.74) is -0.0639. The van der Waals surface area contributed by atoms with Crippen molar-refractivity contribution in [2.24, 2.45) is 11.3 Å². The van der Waals surface area contributed by atoms with Gasteiger partial charge in [0, 0.05) is 23.7 Å². The molecule has 0 radical (unpaired) electrons. The van der Waals surface area contributed by atoms with Crippen molar-refractivity contribution in [1.29, 1.82) is 0 Å². The highest BCUT2D eigenvalue weighted by Crippen LogP contribution is 2.25. The molecular weight excluding hydrogens is 320 g/mol. The van der Waals surface area contributed by atoms with Crippen LogP contribution in [0.2, 0.25) is 0 Å². The highest BCUT2D eigenvalue weighted by Gasteiger charge is 2.27. The van der Waals surface area contributed by atoms with Crippen LogP contribution in [0.4, 0.5) is 5.69 Å². The SMILES string of the molecule is CC(C)(CNC(=O)c1cccc(NC(=O)C2CCCCC2)c1)C(=O)O. The topological polar surface area (TPSA) is 95.5 Å². The van der Waals surface area contributed by atoms with Crippen LogP contribution in [-0.4, -0.2) is 29.4 Å². The highest BCUT2D eigenvalue weighted by molar-refractivity contribution is 5.97. The molecule has 3 N–H and O–H groups in total. The maximum absolute atomic E-state index is 12.3. The fourth-order valence-corrected chi connectivity index (χ4v) is 2.83. The number of hydrogen-bond donors (Lipinski definition) is 3. The quantitative estimate of drug-likeness (QED) is 0.738. The highest BCUT2D eigenvalue weighted by atomic mass is 16.4. The first-order chi connectivity index (χ1) is 11.8. The Morgan fingerprint density at radius 3 is 2.48 bits per heavy atom. The molecule has 1 aliphatic carbocycles. The van der Waals surface area contributed by atoms with Crippen LogP contribution >= 0.6 is 0 Å². The Labute approximate surface area is 148 Å². The lowest BCUT2D eigenvalue weighted by Crippen LogP contribution is -2.38. The molecule has 6 heteroatoms. The molecule has 0 unspecified atom stereocenters. The second-order valence-corrected chi connectivity index (χ2v) is 7.28. The Bertz CT molecular complexity index is 649. The van der Waals surface area contributed by atoms with E-state index >= 15 is 0 Å². The predicted octanol–water partition coefficient (Wildman–Crippen LogP) is 3.05.